The minimum absolute atomic E-state index is 0.0385. The second kappa shape index (κ2) is 15.1. The quantitative estimate of drug-likeness (QED) is 0.151. The van der Waals surface area contributed by atoms with Crippen molar-refractivity contribution in [3.63, 3.8) is 0 Å². The van der Waals surface area contributed by atoms with Crippen LogP contribution in [0.5, 0.6) is 11.6 Å². The predicted molar refractivity (Wildman–Crippen MR) is 177 cm³/mol. The first-order valence-electron chi connectivity index (χ1n) is 16.1. The first-order valence-corrected chi connectivity index (χ1v) is 16.1. The number of hydrogen-bond donors (Lipinski definition) is 1. The van der Waals surface area contributed by atoms with E-state index in [0.717, 1.165) is 42.7 Å². The summed E-state index contributed by atoms with van der Waals surface area (Å²) >= 11 is 0. The second-order valence-electron chi connectivity index (χ2n) is 12.5. The number of ether oxygens (including phenoxy) is 4. The predicted octanol–water partition coefficient (Wildman–Crippen LogP) is 6.67. The minimum atomic E-state index is -1.12. The van der Waals surface area contributed by atoms with Gasteiger partial charge in [-0.25, -0.2) is 19.3 Å². The molecule has 2 atom stereocenters. The van der Waals surface area contributed by atoms with Gasteiger partial charge in [-0.15, -0.1) is 0 Å². The van der Waals surface area contributed by atoms with E-state index in [0.29, 0.717) is 23.0 Å². The summed E-state index contributed by atoms with van der Waals surface area (Å²) in [5.74, 6) is 0.767. The number of nitrogens with zero attached hydrogens (tertiary/aromatic N) is 5. The third kappa shape index (κ3) is 9.08. The molecule has 2 aromatic carbocycles. The Morgan fingerprint density at radius 3 is 2.51 bits per heavy atom. The summed E-state index contributed by atoms with van der Waals surface area (Å²) in [6.07, 6.45) is 5.70. The van der Waals surface area contributed by atoms with Gasteiger partial charge in [-0.05, 0) is 82.0 Å². The molecule has 5 aromatic rings. The molecule has 1 aliphatic heterocycles. The van der Waals surface area contributed by atoms with E-state index < -0.39 is 23.7 Å². The molecule has 49 heavy (non-hydrogen) atoms. The summed E-state index contributed by atoms with van der Waals surface area (Å²) in [4.78, 5) is 34.5. The SMILES string of the molecule is CC(C)(C)OC(=O)N[C@@H](Cc1nc(-c2ccc(Oc3ccc(-c4ccnn4C4CCCCO4)cn3)cc2)no1)C(=O)OCc1ccccc1. The largest absolute Gasteiger partial charge is 0.459 e. The van der Waals surface area contributed by atoms with Gasteiger partial charge < -0.3 is 28.8 Å². The molecule has 254 valence electrons. The third-order valence-electron chi connectivity index (χ3n) is 7.51. The molecule has 1 fully saturated rings. The van der Waals surface area contributed by atoms with Crippen LogP contribution in [0.3, 0.4) is 0 Å². The summed E-state index contributed by atoms with van der Waals surface area (Å²) < 4.78 is 30.1. The lowest BCUT2D eigenvalue weighted by atomic mass is 10.1. The van der Waals surface area contributed by atoms with Crippen molar-refractivity contribution in [2.24, 2.45) is 0 Å². The molecule has 0 saturated carbocycles. The highest BCUT2D eigenvalue weighted by atomic mass is 16.6. The topological polar surface area (TPSA) is 153 Å². The fourth-order valence-corrected chi connectivity index (χ4v) is 5.18. The van der Waals surface area contributed by atoms with Gasteiger partial charge in [0.1, 0.15) is 24.0 Å². The number of hydrogen-bond acceptors (Lipinski definition) is 11. The van der Waals surface area contributed by atoms with E-state index in [4.69, 9.17) is 23.5 Å². The Hall–Kier alpha value is -5.56. The average molecular weight is 667 g/mol. The molecule has 3 aromatic heterocycles. The van der Waals surface area contributed by atoms with E-state index in [1.807, 2.05) is 47.1 Å². The van der Waals surface area contributed by atoms with Crippen molar-refractivity contribution in [1.29, 1.82) is 0 Å². The van der Waals surface area contributed by atoms with E-state index >= 15 is 0 Å². The van der Waals surface area contributed by atoms with Crippen LogP contribution >= 0.6 is 0 Å². The number of carbonyl (C=O) groups is 2. The van der Waals surface area contributed by atoms with Crippen LogP contribution in [0.2, 0.25) is 0 Å². The van der Waals surface area contributed by atoms with Crippen molar-refractivity contribution in [2.75, 3.05) is 6.61 Å². The molecule has 13 nitrogen and oxygen atoms in total. The fourth-order valence-electron chi connectivity index (χ4n) is 5.18. The van der Waals surface area contributed by atoms with Crippen LogP contribution in [0.1, 0.15) is 57.7 Å². The van der Waals surface area contributed by atoms with Crippen molar-refractivity contribution in [1.82, 2.24) is 30.2 Å². The third-order valence-corrected chi connectivity index (χ3v) is 7.51. The molecule has 0 bridgehead atoms. The fraction of sp³-hybridized carbons (Fsp3) is 0.333. The maximum absolute atomic E-state index is 13.0. The second-order valence-corrected chi connectivity index (χ2v) is 12.5. The molecule has 4 heterocycles. The van der Waals surface area contributed by atoms with Gasteiger partial charge >= 0.3 is 12.1 Å². The van der Waals surface area contributed by atoms with Gasteiger partial charge in [0.2, 0.25) is 17.6 Å². The molecule has 1 saturated heterocycles. The molecule has 13 heteroatoms. The number of alkyl carbamates (subject to hydrolysis) is 1. The lowest BCUT2D eigenvalue weighted by Gasteiger charge is -2.24. The molecule has 0 radical (unpaired) electrons. The van der Waals surface area contributed by atoms with Crippen molar-refractivity contribution in [3.05, 3.63) is 96.6 Å². The first kappa shape index (κ1) is 33.3. The first-order chi connectivity index (χ1) is 23.7. The highest BCUT2D eigenvalue weighted by Gasteiger charge is 2.28. The summed E-state index contributed by atoms with van der Waals surface area (Å²) in [7, 11) is 0. The maximum Gasteiger partial charge on any atom is 0.408 e. The summed E-state index contributed by atoms with van der Waals surface area (Å²) in [5, 5.41) is 11.1. The smallest absolute Gasteiger partial charge is 0.408 e. The Kier molecular flexibility index (Phi) is 10.3. The molecule has 0 spiro atoms. The van der Waals surface area contributed by atoms with Crippen LogP contribution in [0, 0.1) is 0 Å². The number of nitrogens with one attached hydrogen (secondary N) is 1. The molecule has 1 N–H and O–H groups in total. The van der Waals surface area contributed by atoms with Crippen LogP contribution in [-0.2, 0) is 32.0 Å². The van der Waals surface area contributed by atoms with Crippen molar-refractivity contribution in [3.8, 4) is 34.3 Å². The zero-order valence-corrected chi connectivity index (χ0v) is 27.6. The van der Waals surface area contributed by atoms with Crippen LogP contribution in [0.4, 0.5) is 4.79 Å². The average Bonchev–Trinajstić information content (AvgIpc) is 3.78. The maximum atomic E-state index is 13.0. The van der Waals surface area contributed by atoms with Crippen LogP contribution < -0.4 is 10.1 Å². The van der Waals surface area contributed by atoms with E-state index in [-0.39, 0.29) is 25.1 Å². The highest BCUT2D eigenvalue weighted by molar-refractivity contribution is 5.81. The standard InChI is InChI=1S/C36H38N6O7/c1-36(2,3)48-35(44)39-28(34(43)46-23-24-9-5-4-6-10-24)21-31-40-33(41-49-31)25-12-15-27(16-13-25)47-30-17-14-26(22-37-30)29-18-19-38-42(29)32-11-7-8-20-45-32/h4-6,9-10,12-19,22,28,32H,7-8,11,20-21,23H2,1-3H3,(H,39,44)/t28-,32?/m0/s1. The Balaban J connectivity index is 1.08. The van der Waals surface area contributed by atoms with Crippen LogP contribution in [0.25, 0.3) is 22.6 Å². The number of aromatic nitrogens is 5. The highest BCUT2D eigenvalue weighted by Crippen LogP contribution is 2.30. The number of benzene rings is 2. The molecule has 6 rings (SSSR count). The Labute approximate surface area is 283 Å². The van der Waals surface area contributed by atoms with Gasteiger partial charge in [-0.2, -0.15) is 10.1 Å². The Bertz CT molecular complexity index is 1830. The van der Waals surface area contributed by atoms with Crippen molar-refractivity contribution in [2.45, 2.75) is 70.9 Å². The molecular formula is C36H38N6O7. The van der Waals surface area contributed by atoms with Crippen molar-refractivity contribution >= 4 is 12.1 Å². The number of carbonyl (C=O) groups excluding carboxylic acids is 2. The minimum Gasteiger partial charge on any atom is -0.459 e. The summed E-state index contributed by atoms with van der Waals surface area (Å²) in [5.41, 5.74) is 2.55. The van der Waals surface area contributed by atoms with Gasteiger partial charge in [0.15, 0.2) is 6.23 Å². The van der Waals surface area contributed by atoms with Crippen molar-refractivity contribution < 1.29 is 33.1 Å². The van der Waals surface area contributed by atoms with Crippen LogP contribution in [0.15, 0.2) is 89.7 Å². The van der Waals surface area contributed by atoms with Gasteiger partial charge in [0.25, 0.3) is 0 Å². The normalized spacial score (nSPS) is 15.3. The Morgan fingerprint density at radius 2 is 1.80 bits per heavy atom. The monoisotopic (exact) mass is 666 g/mol. The van der Waals surface area contributed by atoms with E-state index in [1.54, 1.807) is 63.5 Å². The number of esters is 1. The lowest BCUT2D eigenvalue weighted by molar-refractivity contribution is -0.147. The van der Waals surface area contributed by atoms with E-state index in [9.17, 15) is 9.59 Å². The molecule has 1 amide bonds. The summed E-state index contributed by atoms with van der Waals surface area (Å²) in [6.45, 7) is 5.97. The van der Waals surface area contributed by atoms with E-state index in [1.165, 1.54) is 0 Å². The Morgan fingerprint density at radius 1 is 1.00 bits per heavy atom. The zero-order valence-electron chi connectivity index (χ0n) is 27.6. The van der Waals surface area contributed by atoms with Gasteiger partial charge in [0.05, 0.1) is 12.1 Å². The summed E-state index contributed by atoms with van der Waals surface area (Å²) in [6, 6.07) is 20.9. The zero-order chi connectivity index (χ0) is 34.2. The lowest BCUT2D eigenvalue weighted by Crippen LogP contribution is -2.45. The number of rotatable bonds is 11. The molecular weight excluding hydrogens is 628 g/mol. The number of amides is 1. The molecule has 0 aliphatic carbocycles. The van der Waals surface area contributed by atoms with Gasteiger partial charge in [-0.1, -0.05) is 35.5 Å². The molecule has 1 aliphatic rings. The van der Waals surface area contributed by atoms with E-state index in [2.05, 4.69) is 25.5 Å². The number of pyridine rings is 1. The van der Waals surface area contributed by atoms with Crippen LogP contribution in [-0.4, -0.2) is 55.2 Å². The molecule has 1 unspecified atom stereocenters. The van der Waals surface area contributed by atoms with Gasteiger partial charge in [-0.3, -0.25) is 0 Å². The van der Waals surface area contributed by atoms with Gasteiger partial charge in [0, 0.05) is 36.2 Å².